The van der Waals surface area contributed by atoms with Crippen molar-refractivity contribution >= 4 is 0 Å². The van der Waals surface area contributed by atoms with Gasteiger partial charge in [-0.05, 0) is 33.6 Å². The van der Waals surface area contributed by atoms with Crippen LogP contribution >= 0.6 is 0 Å². The summed E-state index contributed by atoms with van der Waals surface area (Å²) in [6, 6.07) is 0. The van der Waals surface area contributed by atoms with E-state index in [2.05, 4.69) is 17.8 Å². The van der Waals surface area contributed by atoms with Crippen molar-refractivity contribution in [2.45, 2.75) is 39.2 Å². The van der Waals surface area contributed by atoms with E-state index in [1.807, 2.05) is 13.8 Å². The molecule has 0 aromatic carbocycles. The van der Waals surface area contributed by atoms with Crippen molar-refractivity contribution in [2.24, 2.45) is 5.18 Å². The Morgan fingerprint density at radius 1 is 1.58 bits per heavy atom. The molecule has 0 radical (unpaired) electrons. The van der Waals surface area contributed by atoms with Crippen molar-refractivity contribution in [3.05, 3.63) is 29.2 Å². The van der Waals surface area contributed by atoms with Crippen LogP contribution in [-0.2, 0) is 0 Å². The van der Waals surface area contributed by atoms with Gasteiger partial charge in [0.15, 0.2) is 0 Å². The second-order valence-electron chi connectivity index (χ2n) is 3.47. The van der Waals surface area contributed by atoms with Gasteiger partial charge in [0.1, 0.15) is 5.54 Å². The van der Waals surface area contributed by atoms with Gasteiger partial charge in [-0.1, -0.05) is 22.9 Å². The molecule has 2 heteroatoms. The Bertz CT molecular complexity index is 182. The molecule has 1 atom stereocenters. The Kier molecular flexibility index (Phi) is 4.49. The molecule has 0 bridgehead atoms. The van der Waals surface area contributed by atoms with Gasteiger partial charge >= 0.3 is 0 Å². The Morgan fingerprint density at radius 3 is 2.50 bits per heavy atom. The van der Waals surface area contributed by atoms with Crippen molar-refractivity contribution < 1.29 is 0 Å². The summed E-state index contributed by atoms with van der Waals surface area (Å²) in [5.74, 6) is 0. The maximum absolute atomic E-state index is 10.4. The molecule has 68 valence electrons. The minimum absolute atomic E-state index is 0.591. The second kappa shape index (κ2) is 4.86. The zero-order valence-corrected chi connectivity index (χ0v) is 8.13. The Morgan fingerprint density at radius 2 is 2.17 bits per heavy atom. The van der Waals surface area contributed by atoms with Crippen molar-refractivity contribution in [3.8, 4) is 0 Å². The SMILES string of the molecule is C=CC(C)(CCC=C(C)C)N=O. The molecule has 0 aliphatic rings. The van der Waals surface area contributed by atoms with E-state index in [1.54, 1.807) is 13.0 Å². The van der Waals surface area contributed by atoms with Gasteiger partial charge in [0.25, 0.3) is 0 Å². The maximum atomic E-state index is 10.4. The molecule has 0 saturated heterocycles. The summed E-state index contributed by atoms with van der Waals surface area (Å²) in [5, 5.41) is 3.04. The minimum Gasteiger partial charge on any atom is -0.150 e. The quantitative estimate of drug-likeness (QED) is 0.455. The topological polar surface area (TPSA) is 29.4 Å². The summed E-state index contributed by atoms with van der Waals surface area (Å²) in [6.45, 7) is 9.47. The molecule has 12 heavy (non-hydrogen) atoms. The number of allylic oxidation sites excluding steroid dienone is 2. The molecule has 0 aliphatic carbocycles. The van der Waals surface area contributed by atoms with Crippen LogP contribution in [0, 0.1) is 4.91 Å². The van der Waals surface area contributed by atoms with E-state index in [-0.39, 0.29) is 0 Å². The predicted molar refractivity (Wildman–Crippen MR) is 53.1 cm³/mol. The highest BCUT2D eigenvalue weighted by Gasteiger charge is 2.18. The smallest absolute Gasteiger partial charge is 0.118 e. The van der Waals surface area contributed by atoms with Crippen LogP contribution in [0.3, 0.4) is 0 Å². The summed E-state index contributed by atoms with van der Waals surface area (Å²) in [4.78, 5) is 10.4. The molecule has 0 aromatic heterocycles. The number of hydrogen-bond acceptors (Lipinski definition) is 2. The van der Waals surface area contributed by atoms with E-state index < -0.39 is 5.54 Å². The molecule has 0 fully saturated rings. The Hall–Kier alpha value is -0.920. The highest BCUT2D eigenvalue weighted by molar-refractivity contribution is 5.02. The fourth-order valence-electron chi connectivity index (χ4n) is 0.838. The van der Waals surface area contributed by atoms with Crippen LogP contribution in [0.2, 0.25) is 0 Å². The van der Waals surface area contributed by atoms with Crippen molar-refractivity contribution in [1.82, 2.24) is 0 Å². The average Bonchev–Trinajstić information content (AvgIpc) is 2.03. The zero-order valence-electron chi connectivity index (χ0n) is 8.13. The maximum Gasteiger partial charge on any atom is 0.118 e. The molecule has 0 amide bonds. The van der Waals surface area contributed by atoms with Crippen LogP contribution < -0.4 is 0 Å². The lowest BCUT2D eigenvalue weighted by molar-refractivity contribution is 0.538. The second-order valence-corrected chi connectivity index (χ2v) is 3.47. The largest absolute Gasteiger partial charge is 0.150 e. The van der Waals surface area contributed by atoms with Crippen LogP contribution in [0.1, 0.15) is 33.6 Å². The molecule has 0 aliphatic heterocycles. The molecular formula is C10H17NO. The van der Waals surface area contributed by atoms with E-state index in [9.17, 15) is 4.91 Å². The van der Waals surface area contributed by atoms with Crippen molar-refractivity contribution in [3.63, 3.8) is 0 Å². The summed E-state index contributed by atoms with van der Waals surface area (Å²) in [6.07, 6.45) is 5.34. The average molecular weight is 167 g/mol. The van der Waals surface area contributed by atoms with E-state index in [4.69, 9.17) is 0 Å². The molecular weight excluding hydrogens is 150 g/mol. The molecule has 0 saturated carbocycles. The molecule has 2 nitrogen and oxygen atoms in total. The van der Waals surface area contributed by atoms with Crippen molar-refractivity contribution in [1.29, 1.82) is 0 Å². The van der Waals surface area contributed by atoms with Gasteiger partial charge in [0.2, 0.25) is 0 Å². The van der Waals surface area contributed by atoms with Crippen molar-refractivity contribution in [2.75, 3.05) is 0 Å². The third kappa shape index (κ3) is 4.06. The first-order valence-electron chi connectivity index (χ1n) is 4.15. The molecule has 0 spiro atoms. The fraction of sp³-hybridized carbons (Fsp3) is 0.600. The first kappa shape index (κ1) is 11.1. The normalized spacial score (nSPS) is 14.6. The Labute approximate surface area is 74.3 Å². The van der Waals surface area contributed by atoms with Gasteiger partial charge in [-0.15, -0.1) is 11.5 Å². The lowest BCUT2D eigenvalue weighted by atomic mass is 9.97. The number of hydrogen-bond donors (Lipinski definition) is 0. The fourth-order valence-corrected chi connectivity index (χ4v) is 0.838. The van der Waals surface area contributed by atoms with Crippen LogP contribution in [0.4, 0.5) is 0 Å². The third-order valence-corrected chi connectivity index (χ3v) is 1.85. The lowest BCUT2D eigenvalue weighted by Gasteiger charge is -2.14. The summed E-state index contributed by atoms with van der Waals surface area (Å²) < 4.78 is 0. The number of rotatable bonds is 5. The summed E-state index contributed by atoms with van der Waals surface area (Å²) >= 11 is 0. The van der Waals surface area contributed by atoms with Gasteiger partial charge < -0.3 is 0 Å². The standard InChI is InChI=1S/C10H17NO/c1-5-10(4,11-12)8-6-7-9(2)3/h5,7H,1,6,8H2,2-4H3. The molecule has 1 unspecified atom stereocenters. The lowest BCUT2D eigenvalue weighted by Crippen LogP contribution is -2.16. The van der Waals surface area contributed by atoms with Crippen LogP contribution in [0.15, 0.2) is 29.5 Å². The van der Waals surface area contributed by atoms with Crippen LogP contribution in [0.25, 0.3) is 0 Å². The van der Waals surface area contributed by atoms with Gasteiger partial charge in [-0.3, -0.25) is 0 Å². The summed E-state index contributed by atoms with van der Waals surface area (Å²) in [7, 11) is 0. The van der Waals surface area contributed by atoms with Gasteiger partial charge in [0, 0.05) is 0 Å². The van der Waals surface area contributed by atoms with Crippen LogP contribution in [0.5, 0.6) is 0 Å². The number of nitroso groups, excluding NO2 is 1. The van der Waals surface area contributed by atoms with Gasteiger partial charge in [-0.25, -0.2) is 0 Å². The monoisotopic (exact) mass is 167 g/mol. The summed E-state index contributed by atoms with van der Waals surface area (Å²) in [5.41, 5.74) is 0.679. The van der Waals surface area contributed by atoms with E-state index in [1.165, 1.54) is 5.57 Å². The first-order chi connectivity index (χ1) is 5.54. The minimum atomic E-state index is -0.591. The van der Waals surface area contributed by atoms with E-state index in [0.29, 0.717) is 0 Å². The molecule has 0 aromatic rings. The molecule has 0 heterocycles. The molecule has 0 N–H and O–H groups in total. The number of nitrogens with zero attached hydrogens (tertiary/aromatic N) is 1. The van der Waals surface area contributed by atoms with Crippen LogP contribution in [-0.4, -0.2) is 5.54 Å². The Balaban J connectivity index is 3.98. The highest BCUT2D eigenvalue weighted by Crippen LogP contribution is 2.18. The van der Waals surface area contributed by atoms with Gasteiger partial charge in [-0.2, -0.15) is 0 Å². The highest BCUT2D eigenvalue weighted by atomic mass is 16.3. The van der Waals surface area contributed by atoms with E-state index >= 15 is 0 Å². The predicted octanol–water partition coefficient (Wildman–Crippen LogP) is 3.44. The third-order valence-electron chi connectivity index (χ3n) is 1.85. The van der Waals surface area contributed by atoms with Gasteiger partial charge in [0.05, 0.1) is 0 Å². The zero-order chi connectivity index (χ0) is 9.61. The van der Waals surface area contributed by atoms with E-state index in [0.717, 1.165) is 12.8 Å². The molecule has 0 rings (SSSR count). The first-order valence-corrected chi connectivity index (χ1v) is 4.15.